The number of benzene rings is 1. The summed E-state index contributed by atoms with van der Waals surface area (Å²) in [4.78, 5) is 10.7. The summed E-state index contributed by atoms with van der Waals surface area (Å²) in [5.41, 5.74) is 7.08. The van der Waals surface area contributed by atoms with Crippen molar-refractivity contribution in [2.24, 2.45) is 5.73 Å². The molecule has 0 spiro atoms. The lowest BCUT2D eigenvalue weighted by molar-refractivity contribution is -0.119. The minimum Gasteiger partial charge on any atom is -0.483 e. The number of primary amides is 1. The molecule has 0 radical (unpaired) electrons. The molecule has 1 aromatic carbocycles. The van der Waals surface area contributed by atoms with Crippen LogP contribution in [0.3, 0.4) is 0 Å². The molecule has 4 nitrogen and oxygen atoms in total. The predicted molar refractivity (Wildman–Crippen MR) is 70.9 cm³/mol. The molecule has 0 unspecified atom stereocenters. The van der Waals surface area contributed by atoms with Crippen molar-refractivity contribution in [3.05, 3.63) is 27.7 Å². The van der Waals surface area contributed by atoms with Crippen LogP contribution < -0.4 is 15.8 Å². The third kappa shape index (κ3) is 4.36. The fourth-order valence-electron chi connectivity index (χ4n) is 1.54. The standard InChI is InChI=1S/C12H17BrN2O2/c1-3-15-6-9-5-10(13)4-8(2)12(9)17-7-11(14)16/h4-5,15H,3,6-7H2,1-2H3,(H2,14,16). The third-order valence-corrected chi connectivity index (χ3v) is 2.70. The molecular weight excluding hydrogens is 284 g/mol. The first-order valence-corrected chi connectivity index (χ1v) is 6.24. The Morgan fingerprint density at radius 2 is 2.24 bits per heavy atom. The van der Waals surface area contributed by atoms with Crippen molar-refractivity contribution in [1.82, 2.24) is 5.32 Å². The van der Waals surface area contributed by atoms with Gasteiger partial charge in [-0.1, -0.05) is 22.9 Å². The summed E-state index contributed by atoms with van der Waals surface area (Å²) in [7, 11) is 0. The molecule has 0 saturated carbocycles. The van der Waals surface area contributed by atoms with E-state index in [4.69, 9.17) is 10.5 Å². The van der Waals surface area contributed by atoms with E-state index in [0.29, 0.717) is 6.54 Å². The van der Waals surface area contributed by atoms with Gasteiger partial charge in [-0.15, -0.1) is 0 Å². The van der Waals surface area contributed by atoms with Gasteiger partial charge in [0.2, 0.25) is 0 Å². The molecule has 5 heteroatoms. The normalized spacial score (nSPS) is 10.3. The highest BCUT2D eigenvalue weighted by atomic mass is 79.9. The lowest BCUT2D eigenvalue weighted by Gasteiger charge is -2.14. The first-order valence-electron chi connectivity index (χ1n) is 5.45. The average Bonchev–Trinajstić information content (AvgIpc) is 2.24. The third-order valence-electron chi connectivity index (χ3n) is 2.24. The maximum Gasteiger partial charge on any atom is 0.255 e. The number of nitrogens with one attached hydrogen (secondary N) is 1. The molecular formula is C12H17BrN2O2. The number of ether oxygens (including phenoxy) is 1. The zero-order chi connectivity index (χ0) is 12.8. The second kappa shape index (κ2) is 6.61. The van der Waals surface area contributed by atoms with Crippen molar-refractivity contribution in [3.63, 3.8) is 0 Å². The zero-order valence-electron chi connectivity index (χ0n) is 10.0. The summed E-state index contributed by atoms with van der Waals surface area (Å²) < 4.78 is 6.44. The summed E-state index contributed by atoms with van der Waals surface area (Å²) in [6.07, 6.45) is 0. The number of aryl methyl sites for hydroxylation is 1. The molecule has 0 aliphatic carbocycles. The molecule has 0 aliphatic rings. The van der Waals surface area contributed by atoms with Gasteiger partial charge in [0.25, 0.3) is 5.91 Å². The predicted octanol–water partition coefficient (Wildman–Crippen LogP) is 1.73. The van der Waals surface area contributed by atoms with Crippen molar-refractivity contribution >= 4 is 21.8 Å². The van der Waals surface area contributed by atoms with Gasteiger partial charge >= 0.3 is 0 Å². The number of halogens is 1. The molecule has 0 fully saturated rings. The number of nitrogens with two attached hydrogens (primary N) is 1. The second-order valence-electron chi connectivity index (χ2n) is 3.75. The van der Waals surface area contributed by atoms with Crippen LogP contribution in [0.5, 0.6) is 5.75 Å². The molecule has 0 atom stereocenters. The number of carbonyl (C=O) groups is 1. The van der Waals surface area contributed by atoms with E-state index < -0.39 is 5.91 Å². The molecule has 0 bridgehead atoms. The largest absolute Gasteiger partial charge is 0.483 e. The van der Waals surface area contributed by atoms with Gasteiger partial charge in [-0.3, -0.25) is 4.79 Å². The van der Waals surface area contributed by atoms with Crippen molar-refractivity contribution in [3.8, 4) is 5.75 Å². The van der Waals surface area contributed by atoms with Crippen LogP contribution in [0.4, 0.5) is 0 Å². The minimum absolute atomic E-state index is 0.0956. The van der Waals surface area contributed by atoms with E-state index in [1.165, 1.54) is 0 Å². The Morgan fingerprint density at radius 1 is 1.53 bits per heavy atom. The van der Waals surface area contributed by atoms with Gasteiger partial charge in [0.1, 0.15) is 5.75 Å². The van der Waals surface area contributed by atoms with Gasteiger partial charge in [0, 0.05) is 16.6 Å². The van der Waals surface area contributed by atoms with Gasteiger partial charge < -0.3 is 15.8 Å². The molecule has 3 N–H and O–H groups in total. The molecule has 17 heavy (non-hydrogen) atoms. The number of hydrogen-bond acceptors (Lipinski definition) is 3. The molecule has 94 valence electrons. The molecule has 0 heterocycles. The SMILES string of the molecule is CCNCc1cc(Br)cc(C)c1OCC(N)=O. The number of hydrogen-bond donors (Lipinski definition) is 2. The van der Waals surface area contributed by atoms with E-state index >= 15 is 0 Å². The lowest BCUT2D eigenvalue weighted by atomic mass is 10.1. The van der Waals surface area contributed by atoms with Crippen molar-refractivity contribution in [1.29, 1.82) is 0 Å². The van der Waals surface area contributed by atoms with Crippen LogP contribution in [-0.2, 0) is 11.3 Å². The van der Waals surface area contributed by atoms with E-state index in [2.05, 4.69) is 21.2 Å². The smallest absolute Gasteiger partial charge is 0.255 e. The number of rotatable bonds is 6. The Morgan fingerprint density at radius 3 is 2.82 bits per heavy atom. The van der Waals surface area contributed by atoms with Gasteiger partial charge in [-0.2, -0.15) is 0 Å². The van der Waals surface area contributed by atoms with Gasteiger partial charge in [0.05, 0.1) is 0 Å². The first kappa shape index (κ1) is 14.0. The van der Waals surface area contributed by atoms with E-state index in [0.717, 1.165) is 27.9 Å². The molecule has 0 aliphatic heterocycles. The van der Waals surface area contributed by atoms with Crippen LogP contribution in [0.25, 0.3) is 0 Å². The zero-order valence-corrected chi connectivity index (χ0v) is 11.6. The summed E-state index contributed by atoms with van der Waals surface area (Å²) in [5, 5.41) is 3.23. The topological polar surface area (TPSA) is 64.3 Å². The van der Waals surface area contributed by atoms with Gasteiger partial charge in [-0.25, -0.2) is 0 Å². The van der Waals surface area contributed by atoms with Crippen molar-refractivity contribution in [2.45, 2.75) is 20.4 Å². The van der Waals surface area contributed by atoms with E-state index in [-0.39, 0.29) is 6.61 Å². The van der Waals surface area contributed by atoms with Gasteiger partial charge in [0.15, 0.2) is 6.61 Å². The summed E-state index contributed by atoms with van der Waals surface area (Å²) in [5.74, 6) is 0.259. The Bertz CT molecular complexity index is 408. The van der Waals surface area contributed by atoms with Crippen LogP contribution in [0.15, 0.2) is 16.6 Å². The number of amides is 1. The maximum atomic E-state index is 10.7. The molecule has 0 aromatic heterocycles. The Hall–Kier alpha value is -1.07. The van der Waals surface area contributed by atoms with Crippen LogP contribution in [0.1, 0.15) is 18.1 Å². The lowest BCUT2D eigenvalue weighted by Crippen LogP contribution is -2.21. The summed E-state index contributed by atoms with van der Waals surface area (Å²) in [6, 6.07) is 3.93. The van der Waals surface area contributed by atoms with Crippen molar-refractivity contribution in [2.75, 3.05) is 13.2 Å². The highest BCUT2D eigenvalue weighted by Crippen LogP contribution is 2.28. The Labute approximate surface area is 110 Å². The maximum absolute atomic E-state index is 10.7. The van der Waals surface area contributed by atoms with Crippen molar-refractivity contribution < 1.29 is 9.53 Å². The highest BCUT2D eigenvalue weighted by Gasteiger charge is 2.09. The molecule has 0 saturated heterocycles. The Balaban J connectivity index is 2.93. The average molecular weight is 301 g/mol. The van der Waals surface area contributed by atoms with Crippen LogP contribution >= 0.6 is 15.9 Å². The Kier molecular flexibility index (Phi) is 5.44. The first-order chi connectivity index (χ1) is 8.04. The fraction of sp³-hybridized carbons (Fsp3) is 0.417. The van der Waals surface area contributed by atoms with Crippen LogP contribution in [-0.4, -0.2) is 19.1 Å². The molecule has 1 aromatic rings. The van der Waals surface area contributed by atoms with Gasteiger partial charge in [-0.05, 0) is 31.2 Å². The molecule has 1 amide bonds. The second-order valence-corrected chi connectivity index (χ2v) is 4.66. The fourth-order valence-corrected chi connectivity index (χ4v) is 2.16. The van der Waals surface area contributed by atoms with E-state index in [9.17, 15) is 4.79 Å². The number of carbonyl (C=O) groups excluding carboxylic acids is 1. The summed E-state index contributed by atoms with van der Waals surface area (Å²) >= 11 is 3.44. The van der Waals surface area contributed by atoms with Crippen LogP contribution in [0, 0.1) is 6.92 Å². The highest BCUT2D eigenvalue weighted by molar-refractivity contribution is 9.10. The summed E-state index contributed by atoms with van der Waals surface area (Å²) in [6.45, 7) is 5.46. The quantitative estimate of drug-likeness (QED) is 0.841. The monoisotopic (exact) mass is 300 g/mol. The van der Waals surface area contributed by atoms with E-state index in [1.807, 2.05) is 26.0 Å². The molecule has 1 rings (SSSR count). The van der Waals surface area contributed by atoms with Crippen LogP contribution in [0.2, 0.25) is 0 Å². The minimum atomic E-state index is -0.471. The van der Waals surface area contributed by atoms with E-state index in [1.54, 1.807) is 0 Å².